The molecule has 0 spiro atoms. The van der Waals surface area contributed by atoms with Crippen LogP contribution < -0.4 is 20.7 Å². The predicted molar refractivity (Wildman–Crippen MR) is 112 cm³/mol. The van der Waals surface area contributed by atoms with Crippen LogP contribution in [0.15, 0.2) is 48.5 Å². The van der Waals surface area contributed by atoms with Gasteiger partial charge in [0.2, 0.25) is 0 Å². The highest BCUT2D eigenvalue weighted by atomic mass is 16.5. The fraction of sp³-hybridized carbons (Fsp3) is 0.318. The highest BCUT2D eigenvalue weighted by Gasteiger charge is 2.11. The quantitative estimate of drug-likeness (QED) is 0.548. The van der Waals surface area contributed by atoms with Crippen molar-refractivity contribution in [2.24, 2.45) is 0 Å². The smallest absolute Gasteiger partial charge is 0.338 e. The van der Waals surface area contributed by atoms with Crippen molar-refractivity contribution in [2.75, 3.05) is 13.7 Å². The molecule has 8 heteroatoms. The molecule has 0 aliphatic rings. The predicted octanol–water partition coefficient (Wildman–Crippen LogP) is 2.38. The van der Waals surface area contributed by atoms with E-state index in [0.717, 1.165) is 11.1 Å². The van der Waals surface area contributed by atoms with E-state index in [2.05, 4.69) is 16.0 Å². The third-order valence-electron chi connectivity index (χ3n) is 4.02. The van der Waals surface area contributed by atoms with E-state index in [9.17, 15) is 14.4 Å². The number of esters is 1. The number of benzene rings is 2. The van der Waals surface area contributed by atoms with Crippen LogP contribution in [0.4, 0.5) is 4.79 Å². The van der Waals surface area contributed by atoms with Crippen molar-refractivity contribution in [3.63, 3.8) is 0 Å². The van der Waals surface area contributed by atoms with Gasteiger partial charge in [0.25, 0.3) is 5.91 Å². The molecule has 2 aromatic carbocycles. The Bertz CT molecular complexity index is 865. The van der Waals surface area contributed by atoms with Crippen LogP contribution in [0.1, 0.15) is 35.3 Å². The molecule has 0 bridgehead atoms. The van der Waals surface area contributed by atoms with Gasteiger partial charge in [-0.3, -0.25) is 4.79 Å². The molecule has 2 rings (SSSR count). The molecule has 160 valence electrons. The number of urea groups is 1. The average Bonchev–Trinajstić information content (AvgIpc) is 2.74. The Morgan fingerprint density at radius 1 is 0.933 bits per heavy atom. The average molecular weight is 413 g/mol. The highest BCUT2D eigenvalue weighted by molar-refractivity contribution is 5.91. The zero-order valence-electron chi connectivity index (χ0n) is 17.4. The molecule has 8 nitrogen and oxygen atoms in total. The number of methoxy groups -OCH3 is 1. The molecule has 0 saturated carbocycles. The Labute approximate surface area is 175 Å². The molecular formula is C22H27N3O5. The molecule has 0 fully saturated rings. The molecule has 0 aliphatic heterocycles. The SMILES string of the molecule is COc1cccc(CNC(=O)COC(=O)c2ccc(CNC(=O)NC(C)C)cc2)c1. The van der Waals surface area contributed by atoms with Crippen molar-refractivity contribution in [3.05, 3.63) is 65.2 Å². The Hall–Kier alpha value is -3.55. The lowest BCUT2D eigenvalue weighted by Crippen LogP contribution is -2.39. The van der Waals surface area contributed by atoms with Gasteiger partial charge in [-0.25, -0.2) is 9.59 Å². The second-order valence-electron chi connectivity index (χ2n) is 6.88. The van der Waals surface area contributed by atoms with Gasteiger partial charge >= 0.3 is 12.0 Å². The van der Waals surface area contributed by atoms with Crippen molar-refractivity contribution in [1.29, 1.82) is 0 Å². The first kappa shape index (κ1) is 22.7. The highest BCUT2D eigenvalue weighted by Crippen LogP contribution is 2.12. The minimum atomic E-state index is -0.594. The largest absolute Gasteiger partial charge is 0.497 e. The second kappa shape index (κ2) is 11.5. The number of amides is 3. The summed E-state index contributed by atoms with van der Waals surface area (Å²) in [6.45, 7) is 4.01. The summed E-state index contributed by atoms with van der Waals surface area (Å²) in [6.07, 6.45) is 0. The molecule has 0 aliphatic carbocycles. The lowest BCUT2D eigenvalue weighted by Gasteiger charge is -2.10. The molecule has 30 heavy (non-hydrogen) atoms. The van der Waals surface area contributed by atoms with Crippen LogP contribution in [0.3, 0.4) is 0 Å². The third-order valence-corrected chi connectivity index (χ3v) is 4.02. The molecule has 0 unspecified atom stereocenters. The topological polar surface area (TPSA) is 106 Å². The monoisotopic (exact) mass is 413 g/mol. The van der Waals surface area contributed by atoms with Crippen LogP contribution in [0.5, 0.6) is 5.75 Å². The van der Waals surface area contributed by atoms with Crippen LogP contribution in [0.2, 0.25) is 0 Å². The van der Waals surface area contributed by atoms with Crippen molar-refractivity contribution in [1.82, 2.24) is 16.0 Å². The fourth-order valence-corrected chi connectivity index (χ4v) is 2.50. The minimum Gasteiger partial charge on any atom is -0.497 e. The lowest BCUT2D eigenvalue weighted by atomic mass is 10.1. The first-order valence-corrected chi connectivity index (χ1v) is 9.57. The van der Waals surface area contributed by atoms with E-state index >= 15 is 0 Å². The fourth-order valence-electron chi connectivity index (χ4n) is 2.50. The molecule has 3 N–H and O–H groups in total. The standard InChI is InChI=1S/C22H27N3O5/c1-15(2)25-22(28)24-12-16-7-9-18(10-8-16)21(27)30-14-20(26)23-13-17-5-4-6-19(11-17)29-3/h4-11,15H,12-14H2,1-3H3,(H,23,26)(H2,24,25,28). The molecular weight excluding hydrogens is 386 g/mol. The van der Waals surface area contributed by atoms with E-state index < -0.39 is 11.9 Å². The first-order valence-electron chi connectivity index (χ1n) is 9.57. The summed E-state index contributed by atoms with van der Waals surface area (Å²) in [5.41, 5.74) is 2.03. The number of hydrogen-bond donors (Lipinski definition) is 3. The van der Waals surface area contributed by atoms with E-state index in [-0.39, 0.29) is 18.7 Å². The zero-order chi connectivity index (χ0) is 21.9. The number of hydrogen-bond acceptors (Lipinski definition) is 5. The van der Waals surface area contributed by atoms with Crippen molar-refractivity contribution in [3.8, 4) is 5.75 Å². The van der Waals surface area contributed by atoms with Crippen LogP contribution in [-0.2, 0) is 22.6 Å². The van der Waals surface area contributed by atoms with Crippen LogP contribution >= 0.6 is 0 Å². The summed E-state index contributed by atoms with van der Waals surface area (Å²) in [7, 11) is 1.57. The minimum absolute atomic E-state index is 0.0508. The van der Waals surface area contributed by atoms with Gasteiger partial charge < -0.3 is 25.4 Å². The summed E-state index contributed by atoms with van der Waals surface area (Å²) in [5, 5.41) is 8.14. The molecule has 0 aromatic heterocycles. The van der Waals surface area contributed by atoms with E-state index in [1.165, 1.54) is 0 Å². The second-order valence-corrected chi connectivity index (χ2v) is 6.88. The van der Waals surface area contributed by atoms with E-state index in [1.54, 1.807) is 31.4 Å². The Balaban J connectivity index is 1.74. The van der Waals surface area contributed by atoms with Gasteiger partial charge in [-0.05, 0) is 49.2 Å². The van der Waals surface area contributed by atoms with Gasteiger partial charge in [-0.2, -0.15) is 0 Å². The Morgan fingerprint density at radius 2 is 1.63 bits per heavy atom. The van der Waals surface area contributed by atoms with Gasteiger partial charge in [0.05, 0.1) is 12.7 Å². The third kappa shape index (κ3) is 7.83. The lowest BCUT2D eigenvalue weighted by molar-refractivity contribution is -0.124. The number of nitrogens with one attached hydrogen (secondary N) is 3. The van der Waals surface area contributed by atoms with Crippen molar-refractivity contribution in [2.45, 2.75) is 33.0 Å². The van der Waals surface area contributed by atoms with Gasteiger partial charge in [-0.1, -0.05) is 24.3 Å². The Morgan fingerprint density at radius 3 is 2.30 bits per heavy atom. The van der Waals surface area contributed by atoms with E-state index in [4.69, 9.17) is 9.47 Å². The maximum absolute atomic E-state index is 12.1. The number of carbonyl (C=O) groups is 3. The maximum Gasteiger partial charge on any atom is 0.338 e. The number of rotatable bonds is 9. The van der Waals surface area contributed by atoms with E-state index in [1.807, 2.05) is 38.1 Å². The van der Waals surface area contributed by atoms with Crippen LogP contribution in [0, 0.1) is 0 Å². The molecule has 0 saturated heterocycles. The summed E-state index contributed by atoms with van der Waals surface area (Å²) < 4.78 is 10.2. The van der Waals surface area contributed by atoms with Crippen molar-refractivity contribution < 1.29 is 23.9 Å². The molecule has 3 amide bonds. The van der Waals surface area contributed by atoms with Gasteiger partial charge in [0.1, 0.15) is 5.75 Å². The normalized spacial score (nSPS) is 10.3. The zero-order valence-corrected chi connectivity index (χ0v) is 17.4. The number of carbonyl (C=O) groups excluding carboxylic acids is 3. The summed E-state index contributed by atoms with van der Waals surface area (Å²) in [4.78, 5) is 35.6. The van der Waals surface area contributed by atoms with E-state index in [0.29, 0.717) is 24.4 Å². The van der Waals surface area contributed by atoms with Gasteiger partial charge in [0, 0.05) is 19.1 Å². The van der Waals surface area contributed by atoms with Crippen LogP contribution in [0.25, 0.3) is 0 Å². The summed E-state index contributed by atoms with van der Waals surface area (Å²) in [6, 6.07) is 13.7. The molecule has 0 radical (unpaired) electrons. The van der Waals surface area contributed by atoms with Gasteiger partial charge in [-0.15, -0.1) is 0 Å². The summed E-state index contributed by atoms with van der Waals surface area (Å²) >= 11 is 0. The molecule has 0 atom stereocenters. The maximum atomic E-state index is 12.1. The summed E-state index contributed by atoms with van der Waals surface area (Å²) in [5.74, 6) is -0.292. The first-order chi connectivity index (χ1) is 14.4. The molecule has 2 aromatic rings. The molecule has 0 heterocycles. The number of ether oxygens (including phenoxy) is 2. The van der Waals surface area contributed by atoms with Crippen LogP contribution in [-0.4, -0.2) is 37.7 Å². The van der Waals surface area contributed by atoms with Crippen molar-refractivity contribution >= 4 is 17.9 Å². The Kier molecular flexibility index (Phi) is 8.68. The van der Waals surface area contributed by atoms with Gasteiger partial charge in [0.15, 0.2) is 6.61 Å².